The zero-order chi connectivity index (χ0) is 23.8. The van der Waals surface area contributed by atoms with Crippen molar-refractivity contribution in [1.29, 1.82) is 0 Å². The van der Waals surface area contributed by atoms with Crippen LogP contribution in [0.25, 0.3) is 6.08 Å². The Labute approximate surface area is 192 Å². The van der Waals surface area contributed by atoms with Crippen molar-refractivity contribution in [2.75, 3.05) is 40.9 Å². The van der Waals surface area contributed by atoms with Gasteiger partial charge in [0, 0.05) is 35.1 Å². The first kappa shape index (κ1) is 23.5. The summed E-state index contributed by atoms with van der Waals surface area (Å²) in [5, 5.41) is 3.24. The van der Waals surface area contributed by atoms with Crippen LogP contribution in [0.3, 0.4) is 0 Å². The number of carbonyl (C=O) groups is 1. The molecule has 0 atom stereocenters. The van der Waals surface area contributed by atoms with Gasteiger partial charge in [-0.15, -0.1) is 0 Å². The predicted molar refractivity (Wildman–Crippen MR) is 127 cm³/mol. The predicted octanol–water partition coefficient (Wildman–Crippen LogP) is 4.76. The van der Waals surface area contributed by atoms with Crippen molar-refractivity contribution in [3.05, 3.63) is 65.9 Å². The van der Waals surface area contributed by atoms with Crippen LogP contribution in [-0.2, 0) is 0 Å². The van der Waals surface area contributed by atoms with E-state index >= 15 is 0 Å². The Balaban J connectivity index is 1.87. The van der Waals surface area contributed by atoms with E-state index in [0.717, 1.165) is 5.56 Å². The first-order valence-corrected chi connectivity index (χ1v) is 10.0. The number of methoxy groups -OCH3 is 5. The second-order valence-corrected chi connectivity index (χ2v) is 6.75. The molecule has 1 N–H and O–H groups in total. The lowest BCUT2D eigenvalue weighted by Gasteiger charge is -2.15. The molecule has 0 fully saturated rings. The van der Waals surface area contributed by atoms with Crippen molar-refractivity contribution in [1.82, 2.24) is 4.98 Å². The molecule has 8 heteroatoms. The number of anilines is 2. The minimum absolute atomic E-state index is 0.182. The first-order chi connectivity index (χ1) is 16.0. The Hall–Kier alpha value is -4.20. The smallest absolute Gasteiger partial charge is 0.203 e. The number of pyridine rings is 1. The lowest BCUT2D eigenvalue weighted by atomic mass is 10.1. The number of ether oxygens (including phenoxy) is 5. The van der Waals surface area contributed by atoms with Crippen molar-refractivity contribution < 1.29 is 28.5 Å². The van der Waals surface area contributed by atoms with Gasteiger partial charge in [0.25, 0.3) is 0 Å². The van der Waals surface area contributed by atoms with Gasteiger partial charge >= 0.3 is 0 Å². The van der Waals surface area contributed by atoms with Gasteiger partial charge in [0.2, 0.25) is 5.75 Å². The summed E-state index contributed by atoms with van der Waals surface area (Å²) in [5.41, 5.74) is 1.89. The summed E-state index contributed by atoms with van der Waals surface area (Å²) in [6.07, 6.45) is 4.85. The summed E-state index contributed by atoms with van der Waals surface area (Å²) in [5.74, 6) is 2.94. The maximum absolute atomic E-state index is 12.7. The van der Waals surface area contributed by atoms with Gasteiger partial charge in [0.1, 0.15) is 5.82 Å². The fourth-order valence-electron chi connectivity index (χ4n) is 3.20. The summed E-state index contributed by atoms with van der Waals surface area (Å²) in [4.78, 5) is 17.1. The second kappa shape index (κ2) is 10.9. The Morgan fingerprint density at radius 2 is 1.48 bits per heavy atom. The van der Waals surface area contributed by atoms with E-state index in [1.165, 1.54) is 13.2 Å². The number of allylic oxidation sites excluding steroid dienone is 1. The number of aromatic nitrogens is 1. The molecule has 0 bridgehead atoms. The molecule has 0 amide bonds. The van der Waals surface area contributed by atoms with Gasteiger partial charge in [-0.1, -0.05) is 0 Å². The van der Waals surface area contributed by atoms with E-state index in [1.807, 2.05) is 6.07 Å². The molecule has 0 saturated heterocycles. The van der Waals surface area contributed by atoms with Gasteiger partial charge in [-0.3, -0.25) is 4.79 Å². The quantitative estimate of drug-likeness (QED) is 0.349. The average Bonchev–Trinajstić information content (AvgIpc) is 2.86. The molecule has 0 aliphatic carbocycles. The lowest BCUT2D eigenvalue weighted by molar-refractivity contribution is 0.104. The van der Waals surface area contributed by atoms with Crippen LogP contribution in [0.1, 0.15) is 15.9 Å². The normalized spacial score (nSPS) is 10.6. The Bertz CT molecular complexity index is 1130. The van der Waals surface area contributed by atoms with Crippen molar-refractivity contribution in [2.24, 2.45) is 0 Å². The van der Waals surface area contributed by atoms with E-state index < -0.39 is 0 Å². The van der Waals surface area contributed by atoms with E-state index in [1.54, 1.807) is 77.1 Å². The fourth-order valence-corrected chi connectivity index (χ4v) is 3.20. The SMILES string of the molecule is COc1ccc(C(=O)/C=C/c2cccnc2Nc2cc(OC)c(OC)c(OC)c2)cc1OC. The number of nitrogens with zero attached hydrogens (tertiary/aromatic N) is 1. The molecule has 0 radical (unpaired) electrons. The Kier molecular flexibility index (Phi) is 7.75. The molecule has 1 heterocycles. The van der Waals surface area contributed by atoms with Crippen molar-refractivity contribution >= 4 is 23.4 Å². The Morgan fingerprint density at radius 1 is 0.818 bits per heavy atom. The molecule has 3 aromatic rings. The monoisotopic (exact) mass is 450 g/mol. The van der Waals surface area contributed by atoms with E-state index in [2.05, 4.69) is 10.3 Å². The highest BCUT2D eigenvalue weighted by atomic mass is 16.5. The average molecular weight is 450 g/mol. The van der Waals surface area contributed by atoms with Crippen molar-refractivity contribution in [3.8, 4) is 28.7 Å². The van der Waals surface area contributed by atoms with Crippen LogP contribution in [0.2, 0.25) is 0 Å². The number of hydrogen-bond donors (Lipinski definition) is 1. The summed E-state index contributed by atoms with van der Waals surface area (Å²) in [7, 11) is 7.72. The number of ketones is 1. The summed E-state index contributed by atoms with van der Waals surface area (Å²) >= 11 is 0. The highest BCUT2D eigenvalue weighted by Gasteiger charge is 2.14. The number of rotatable bonds is 10. The lowest BCUT2D eigenvalue weighted by Crippen LogP contribution is -2.00. The van der Waals surface area contributed by atoms with Gasteiger partial charge in [-0.25, -0.2) is 4.98 Å². The third kappa shape index (κ3) is 5.35. The molecule has 33 heavy (non-hydrogen) atoms. The fraction of sp³-hybridized carbons (Fsp3) is 0.200. The van der Waals surface area contributed by atoms with Crippen LogP contribution in [0.5, 0.6) is 28.7 Å². The van der Waals surface area contributed by atoms with Crippen LogP contribution in [-0.4, -0.2) is 46.3 Å². The third-order valence-electron chi connectivity index (χ3n) is 4.85. The van der Waals surface area contributed by atoms with Gasteiger partial charge in [-0.05, 0) is 42.5 Å². The molecule has 172 valence electrons. The molecule has 1 aromatic heterocycles. The minimum atomic E-state index is -0.182. The zero-order valence-corrected chi connectivity index (χ0v) is 19.2. The zero-order valence-electron chi connectivity index (χ0n) is 19.2. The third-order valence-corrected chi connectivity index (χ3v) is 4.85. The van der Waals surface area contributed by atoms with E-state index in [9.17, 15) is 4.79 Å². The summed E-state index contributed by atoms with van der Waals surface area (Å²) in [6.45, 7) is 0. The molecule has 2 aromatic carbocycles. The van der Waals surface area contributed by atoms with Gasteiger partial charge in [0.15, 0.2) is 28.8 Å². The molecule has 0 spiro atoms. The highest BCUT2D eigenvalue weighted by Crippen LogP contribution is 2.40. The summed E-state index contributed by atoms with van der Waals surface area (Å²) in [6, 6.07) is 12.2. The molecule has 0 saturated carbocycles. The van der Waals surface area contributed by atoms with Gasteiger partial charge in [0.05, 0.1) is 35.5 Å². The molecular weight excluding hydrogens is 424 g/mol. The van der Waals surface area contributed by atoms with Crippen molar-refractivity contribution in [2.45, 2.75) is 0 Å². The summed E-state index contributed by atoms with van der Waals surface area (Å²) < 4.78 is 26.7. The largest absolute Gasteiger partial charge is 0.493 e. The van der Waals surface area contributed by atoms with Crippen LogP contribution in [0, 0.1) is 0 Å². The first-order valence-electron chi connectivity index (χ1n) is 10.0. The van der Waals surface area contributed by atoms with Crippen LogP contribution >= 0.6 is 0 Å². The molecular formula is C25H26N2O6. The van der Waals surface area contributed by atoms with Crippen LogP contribution in [0.15, 0.2) is 54.7 Å². The number of hydrogen-bond acceptors (Lipinski definition) is 8. The van der Waals surface area contributed by atoms with E-state index in [4.69, 9.17) is 23.7 Å². The maximum atomic E-state index is 12.7. The number of carbonyl (C=O) groups excluding carboxylic acids is 1. The van der Waals surface area contributed by atoms with Crippen molar-refractivity contribution in [3.63, 3.8) is 0 Å². The van der Waals surface area contributed by atoms with Crippen LogP contribution in [0.4, 0.5) is 11.5 Å². The number of nitrogens with one attached hydrogen (secondary N) is 1. The maximum Gasteiger partial charge on any atom is 0.203 e. The Morgan fingerprint density at radius 3 is 2.09 bits per heavy atom. The number of benzene rings is 2. The molecule has 3 rings (SSSR count). The molecule has 0 aliphatic heterocycles. The minimum Gasteiger partial charge on any atom is -0.493 e. The van der Waals surface area contributed by atoms with Crippen LogP contribution < -0.4 is 29.0 Å². The molecule has 0 aliphatic rings. The molecule has 8 nitrogen and oxygen atoms in total. The van der Waals surface area contributed by atoms with Gasteiger partial charge in [-0.2, -0.15) is 0 Å². The second-order valence-electron chi connectivity index (χ2n) is 6.75. The molecule has 0 unspecified atom stereocenters. The van der Waals surface area contributed by atoms with E-state index in [0.29, 0.717) is 45.8 Å². The topological polar surface area (TPSA) is 88.1 Å². The standard InChI is InChI=1S/C25H26N2O6/c1-29-20-11-9-17(13-21(20)30-2)19(28)10-8-16-7-6-12-26-25(16)27-18-14-22(31-3)24(33-5)23(15-18)32-4/h6-15H,1-5H3,(H,26,27)/b10-8+. The highest BCUT2D eigenvalue weighted by molar-refractivity contribution is 6.07. The van der Waals surface area contributed by atoms with E-state index in [-0.39, 0.29) is 5.78 Å². The van der Waals surface area contributed by atoms with Gasteiger partial charge < -0.3 is 29.0 Å².